The maximum atomic E-state index is 11.5. The minimum absolute atomic E-state index is 0.0779. The molecule has 0 bridgehead atoms. The minimum Gasteiger partial charge on any atom is -0.352 e. The number of carbonyl (C=O) groups is 1. The smallest absolute Gasteiger partial charge is 0.234 e. The maximum Gasteiger partial charge on any atom is 0.234 e. The van der Waals surface area contributed by atoms with Crippen molar-refractivity contribution in [3.63, 3.8) is 0 Å². The van der Waals surface area contributed by atoms with Gasteiger partial charge >= 0.3 is 0 Å². The van der Waals surface area contributed by atoms with Gasteiger partial charge in [-0.3, -0.25) is 9.48 Å². The molecule has 1 amide bonds. The zero-order chi connectivity index (χ0) is 14.5. The summed E-state index contributed by atoms with van der Waals surface area (Å²) in [5.74, 6) is 0.0779. The first-order valence-corrected chi connectivity index (χ1v) is 7.35. The van der Waals surface area contributed by atoms with Crippen molar-refractivity contribution in [2.24, 2.45) is 0 Å². The SMILES string of the molecule is O=C(CNCc1cnn(Cc2ccccc2)c1)NC1CC1. The summed E-state index contributed by atoms with van der Waals surface area (Å²) in [4.78, 5) is 11.5. The molecule has 1 aromatic heterocycles. The molecular weight excluding hydrogens is 264 g/mol. The lowest BCUT2D eigenvalue weighted by Gasteiger charge is -2.04. The Morgan fingerprint density at radius 2 is 2.05 bits per heavy atom. The van der Waals surface area contributed by atoms with Crippen molar-refractivity contribution in [1.82, 2.24) is 20.4 Å². The molecule has 21 heavy (non-hydrogen) atoms. The Morgan fingerprint density at radius 1 is 1.24 bits per heavy atom. The molecule has 1 aliphatic rings. The number of hydrogen-bond acceptors (Lipinski definition) is 3. The Labute approximate surface area is 124 Å². The van der Waals surface area contributed by atoms with E-state index in [0.717, 1.165) is 24.9 Å². The number of amides is 1. The molecule has 1 fully saturated rings. The van der Waals surface area contributed by atoms with Crippen LogP contribution < -0.4 is 10.6 Å². The fourth-order valence-corrected chi connectivity index (χ4v) is 2.18. The molecule has 1 saturated carbocycles. The highest BCUT2D eigenvalue weighted by molar-refractivity contribution is 5.78. The van der Waals surface area contributed by atoms with Gasteiger partial charge in [-0.25, -0.2) is 0 Å². The van der Waals surface area contributed by atoms with Gasteiger partial charge in [0.2, 0.25) is 5.91 Å². The fraction of sp³-hybridized carbons (Fsp3) is 0.375. The number of carbonyl (C=O) groups excluding carboxylic acids is 1. The number of nitrogens with one attached hydrogen (secondary N) is 2. The van der Waals surface area contributed by atoms with Crippen molar-refractivity contribution < 1.29 is 4.79 Å². The number of nitrogens with zero attached hydrogens (tertiary/aromatic N) is 2. The second-order valence-corrected chi connectivity index (χ2v) is 5.48. The quantitative estimate of drug-likeness (QED) is 0.805. The van der Waals surface area contributed by atoms with Gasteiger partial charge in [0.1, 0.15) is 0 Å². The Kier molecular flexibility index (Phi) is 4.31. The fourth-order valence-electron chi connectivity index (χ4n) is 2.18. The summed E-state index contributed by atoms with van der Waals surface area (Å²) in [7, 11) is 0. The van der Waals surface area contributed by atoms with Gasteiger partial charge in [0.15, 0.2) is 0 Å². The lowest BCUT2D eigenvalue weighted by atomic mass is 10.2. The van der Waals surface area contributed by atoms with E-state index in [2.05, 4.69) is 27.9 Å². The Bertz CT molecular complexity index is 589. The van der Waals surface area contributed by atoms with Gasteiger partial charge in [-0.1, -0.05) is 30.3 Å². The zero-order valence-electron chi connectivity index (χ0n) is 12.0. The van der Waals surface area contributed by atoms with Gasteiger partial charge < -0.3 is 10.6 Å². The molecule has 110 valence electrons. The van der Waals surface area contributed by atoms with E-state index in [9.17, 15) is 4.79 Å². The number of aromatic nitrogens is 2. The summed E-state index contributed by atoms with van der Waals surface area (Å²) in [6.07, 6.45) is 6.10. The Hall–Kier alpha value is -2.14. The summed E-state index contributed by atoms with van der Waals surface area (Å²) >= 11 is 0. The molecule has 5 heteroatoms. The summed E-state index contributed by atoms with van der Waals surface area (Å²) < 4.78 is 1.91. The van der Waals surface area contributed by atoms with Gasteiger partial charge in [0.05, 0.1) is 19.3 Å². The summed E-state index contributed by atoms with van der Waals surface area (Å²) in [5.41, 5.74) is 2.31. The second kappa shape index (κ2) is 6.54. The lowest BCUT2D eigenvalue weighted by Crippen LogP contribution is -2.34. The molecule has 0 unspecified atom stereocenters. The van der Waals surface area contributed by atoms with Crippen LogP contribution in [0.15, 0.2) is 42.7 Å². The highest BCUT2D eigenvalue weighted by Crippen LogP contribution is 2.18. The van der Waals surface area contributed by atoms with Crippen LogP contribution in [0.25, 0.3) is 0 Å². The molecule has 1 aromatic carbocycles. The van der Waals surface area contributed by atoms with E-state index in [-0.39, 0.29) is 5.91 Å². The van der Waals surface area contributed by atoms with E-state index < -0.39 is 0 Å². The number of hydrogen-bond donors (Lipinski definition) is 2. The molecule has 3 rings (SSSR count). The van der Waals surface area contributed by atoms with Gasteiger partial charge in [-0.15, -0.1) is 0 Å². The summed E-state index contributed by atoms with van der Waals surface area (Å²) in [6, 6.07) is 10.7. The van der Waals surface area contributed by atoms with Crippen molar-refractivity contribution in [2.75, 3.05) is 6.54 Å². The van der Waals surface area contributed by atoms with Crippen molar-refractivity contribution in [2.45, 2.75) is 32.0 Å². The first-order chi connectivity index (χ1) is 10.3. The first-order valence-electron chi connectivity index (χ1n) is 7.35. The van der Waals surface area contributed by atoms with Crippen LogP contribution in [0.5, 0.6) is 0 Å². The van der Waals surface area contributed by atoms with E-state index in [1.165, 1.54) is 5.56 Å². The maximum absolute atomic E-state index is 11.5. The Balaban J connectivity index is 1.43. The van der Waals surface area contributed by atoms with E-state index in [0.29, 0.717) is 19.1 Å². The monoisotopic (exact) mass is 284 g/mol. The standard InChI is InChI=1S/C16H20N4O/c21-16(19-15-6-7-15)10-17-8-14-9-18-20(12-14)11-13-4-2-1-3-5-13/h1-5,9,12,15,17H,6-8,10-11H2,(H,19,21). The second-order valence-electron chi connectivity index (χ2n) is 5.48. The van der Waals surface area contributed by atoms with Crippen molar-refractivity contribution >= 4 is 5.91 Å². The lowest BCUT2D eigenvalue weighted by molar-refractivity contribution is -0.120. The molecule has 0 aliphatic heterocycles. The van der Waals surface area contributed by atoms with Gasteiger partial charge in [0, 0.05) is 24.3 Å². The van der Waals surface area contributed by atoms with Crippen LogP contribution in [0.4, 0.5) is 0 Å². The van der Waals surface area contributed by atoms with Crippen LogP contribution in [0.3, 0.4) is 0 Å². The van der Waals surface area contributed by atoms with Crippen LogP contribution in [0.1, 0.15) is 24.0 Å². The molecule has 1 aliphatic carbocycles. The third kappa shape index (κ3) is 4.43. The van der Waals surface area contributed by atoms with E-state index in [1.54, 1.807) is 0 Å². The molecule has 0 spiro atoms. The highest BCUT2D eigenvalue weighted by atomic mass is 16.2. The van der Waals surface area contributed by atoms with Crippen LogP contribution in [-0.4, -0.2) is 28.3 Å². The molecule has 0 atom stereocenters. The number of rotatable bonds is 7. The summed E-state index contributed by atoms with van der Waals surface area (Å²) in [5, 5.41) is 10.4. The van der Waals surface area contributed by atoms with Crippen LogP contribution in [0.2, 0.25) is 0 Å². The van der Waals surface area contributed by atoms with E-state index >= 15 is 0 Å². The van der Waals surface area contributed by atoms with Gasteiger partial charge in [0.25, 0.3) is 0 Å². The highest BCUT2D eigenvalue weighted by Gasteiger charge is 2.22. The minimum atomic E-state index is 0.0779. The van der Waals surface area contributed by atoms with E-state index in [1.807, 2.05) is 35.3 Å². The third-order valence-corrected chi connectivity index (χ3v) is 3.43. The predicted octanol–water partition coefficient (Wildman–Crippen LogP) is 1.30. The number of benzene rings is 1. The zero-order valence-corrected chi connectivity index (χ0v) is 12.0. The normalized spacial score (nSPS) is 14.1. The van der Waals surface area contributed by atoms with Gasteiger partial charge in [-0.2, -0.15) is 5.10 Å². The molecule has 0 radical (unpaired) electrons. The van der Waals surface area contributed by atoms with Crippen molar-refractivity contribution in [3.8, 4) is 0 Å². The molecule has 0 saturated heterocycles. The first kappa shape index (κ1) is 13.8. The molecule has 2 N–H and O–H groups in total. The summed E-state index contributed by atoms with van der Waals surface area (Å²) in [6.45, 7) is 1.79. The molecular formula is C16H20N4O. The topological polar surface area (TPSA) is 59.0 Å². The van der Waals surface area contributed by atoms with Crippen LogP contribution in [0, 0.1) is 0 Å². The third-order valence-electron chi connectivity index (χ3n) is 3.43. The van der Waals surface area contributed by atoms with Gasteiger partial charge in [-0.05, 0) is 18.4 Å². The molecule has 1 heterocycles. The largest absolute Gasteiger partial charge is 0.352 e. The molecule has 5 nitrogen and oxygen atoms in total. The average Bonchev–Trinajstić information content (AvgIpc) is 3.18. The van der Waals surface area contributed by atoms with Crippen LogP contribution in [-0.2, 0) is 17.9 Å². The van der Waals surface area contributed by atoms with E-state index in [4.69, 9.17) is 0 Å². The predicted molar refractivity (Wildman–Crippen MR) is 80.6 cm³/mol. The van der Waals surface area contributed by atoms with Crippen molar-refractivity contribution in [3.05, 3.63) is 53.9 Å². The Morgan fingerprint density at radius 3 is 2.81 bits per heavy atom. The van der Waals surface area contributed by atoms with Crippen LogP contribution >= 0.6 is 0 Å². The average molecular weight is 284 g/mol. The molecule has 2 aromatic rings. The van der Waals surface area contributed by atoms with Crippen molar-refractivity contribution in [1.29, 1.82) is 0 Å².